The molecule has 0 N–H and O–H groups in total. The zero-order chi connectivity index (χ0) is 17.1. The molecule has 2 heterocycles. The molecule has 0 spiro atoms. The molecule has 122 valence electrons. The van der Waals surface area contributed by atoms with Crippen molar-refractivity contribution < 1.29 is 9.53 Å². The zero-order valence-corrected chi connectivity index (χ0v) is 14.6. The highest BCUT2D eigenvalue weighted by Crippen LogP contribution is 2.34. The van der Waals surface area contributed by atoms with E-state index in [0.29, 0.717) is 20.8 Å². The van der Waals surface area contributed by atoms with E-state index in [-0.39, 0.29) is 5.91 Å². The molecule has 1 aliphatic heterocycles. The number of pyridine rings is 1. The van der Waals surface area contributed by atoms with Crippen LogP contribution in [0.1, 0.15) is 5.56 Å². The van der Waals surface area contributed by atoms with Crippen LogP contribution in [0.15, 0.2) is 52.6 Å². The number of nitrogens with zero attached hydrogens (tertiary/aromatic N) is 3. The molecule has 0 saturated carbocycles. The number of hydrogen-bond donors (Lipinski definition) is 0. The Bertz CT molecular complexity index is 834. The summed E-state index contributed by atoms with van der Waals surface area (Å²) in [6, 6.07) is 9.21. The first-order valence-electron chi connectivity index (χ1n) is 7.08. The van der Waals surface area contributed by atoms with Crippen LogP contribution < -0.4 is 4.74 Å². The second-order valence-corrected chi connectivity index (χ2v) is 6.39. The summed E-state index contributed by atoms with van der Waals surface area (Å²) < 4.78 is 5.13. The molecule has 24 heavy (non-hydrogen) atoms. The summed E-state index contributed by atoms with van der Waals surface area (Å²) in [5.41, 5.74) is 1.50. The lowest BCUT2D eigenvalue weighted by molar-refractivity contribution is -0.121. The number of aromatic nitrogens is 1. The summed E-state index contributed by atoms with van der Waals surface area (Å²) in [5.74, 6) is 0.675. The molecule has 0 bridgehead atoms. The lowest BCUT2D eigenvalue weighted by Crippen LogP contribution is -2.23. The topological polar surface area (TPSA) is 54.8 Å². The number of carbonyl (C=O) groups excluding carboxylic acids is 1. The van der Waals surface area contributed by atoms with Gasteiger partial charge in [-0.1, -0.05) is 23.7 Å². The maximum absolute atomic E-state index is 12.4. The van der Waals surface area contributed by atoms with Crippen LogP contribution in [0.3, 0.4) is 0 Å². The van der Waals surface area contributed by atoms with Crippen LogP contribution in [-0.4, -0.2) is 35.1 Å². The Balaban J connectivity index is 1.88. The highest BCUT2D eigenvalue weighted by Gasteiger charge is 2.30. The summed E-state index contributed by atoms with van der Waals surface area (Å²) in [7, 11) is 3.31. The number of amidine groups is 1. The fourth-order valence-electron chi connectivity index (χ4n) is 2.06. The largest absolute Gasteiger partial charge is 0.497 e. The highest BCUT2D eigenvalue weighted by atomic mass is 35.5. The summed E-state index contributed by atoms with van der Waals surface area (Å²) in [4.78, 5) is 22.9. The molecule has 2 aromatic rings. The molecular weight excluding hydrogens is 346 g/mol. The Morgan fingerprint density at radius 1 is 1.29 bits per heavy atom. The number of carbonyl (C=O) groups is 1. The molecule has 1 fully saturated rings. The third-order valence-corrected chi connectivity index (χ3v) is 4.74. The summed E-state index contributed by atoms with van der Waals surface area (Å²) in [5, 5.41) is 1.02. The van der Waals surface area contributed by atoms with Crippen LogP contribution in [0.5, 0.6) is 5.75 Å². The van der Waals surface area contributed by atoms with E-state index in [1.54, 1.807) is 26.4 Å². The van der Waals surface area contributed by atoms with Crippen LogP contribution >= 0.6 is 23.4 Å². The van der Waals surface area contributed by atoms with E-state index < -0.39 is 0 Å². The van der Waals surface area contributed by atoms with Gasteiger partial charge in [0.1, 0.15) is 5.75 Å². The molecule has 0 radical (unpaired) electrons. The van der Waals surface area contributed by atoms with Crippen molar-refractivity contribution in [2.45, 2.75) is 0 Å². The van der Waals surface area contributed by atoms with Crippen molar-refractivity contribution in [3.63, 3.8) is 0 Å². The molecule has 1 amide bonds. The van der Waals surface area contributed by atoms with Crippen molar-refractivity contribution in [2.24, 2.45) is 4.99 Å². The molecule has 7 heteroatoms. The Morgan fingerprint density at radius 3 is 2.71 bits per heavy atom. The van der Waals surface area contributed by atoms with Crippen molar-refractivity contribution in [3.8, 4) is 5.75 Å². The van der Waals surface area contributed by atoms with Gasteiger partial charge in [-0.05, 0) is 41.6 Å². The fourth-order valence-corrected chi connectivity index (χ4v) is 3.21. The first kappa shape index (κ1) is 16.5. The number of benzene rings is 1. The van der Waals surface area contributed by atoms with Gasteiger partial charge in [0.2, 0.25) is 0 Å². The van der Waals surface area contributed by atoms with Gasteiger partial charge in [0.25, 0.3) is 5.91 Å². The minimum absolute atomic E-state index is 0.0975. The van der Waals surface area contributed by atoms with Crippen molar-refractivity contribution in [3.05, 3.63) is 58.2 Å². The number of hydrogen-bond acceptors (Lipinski definition) is 5. The van der Waals surface area contributed by atoms with E-state index in [4.69, 9.17) is 16.3 Å². The number of aliphatic imine (C=N–C) groups is 1. The van der Waals surface area contributed by atoms with E-state index in [9.17, 15) is 4.79 Å². The van der Waals surface area contributed by atoms with Crippen molar-refractivity contribution in [1.29, 1.82) is 0 Å². The Kier molecular flexibility index (Phi) is 4.87. The van der Waals surface area contributed by atoms with Crippen LogP contribution in [0.25, 0.3) is 6.08 Å². The van der Waals surface area contributed by atoms with Crippen LogP contribution in [0, 0.1) is 0 Å². The average Bonchev–Trinajstić information content (AvgIpc) is 2.86. The second-order valence-electron chi connectivity index (χ2n) is 4.97. The predicted octanol–water partition coefficient (Wildman–Crippen LogP) is 3.98. The molecule has 1 aromatic heterocycles. The number of thioether (sulfide) groups is 1. The predicted molar refractivity (Wildman–Crippen MR) is 97.7 cm³/mol. The normalized spacial score (nSPS) is 17.8. The van der Waals surface area contributed by atoms with Crippen molar-refractivity contribution in [2.75, 3.05) is 14.2 Å². The number of likely N-dealkylation sites (N-methyl/N-ethyl adjacent to an activating group) is 1. The van der Waals surface area contributed by atoms with E-state index in [0.717, 1.165) is 11.3 Å². The van der Waals surface area contributed by atoms with Gasteiger partial charge in [-0.3, -0.25) is 14.7 Å². The number of halogens is 1. The van der Waals surface area contributed by atoms with Crippen molar-refractivity contribution >= 4 is 46.2 Å². The maximum atomic E-state index is 12.4. The molecule has 0 unspecified atom stereocenters. The summed E-state index contributed by atoms with van der Waals surface area (Å²) in [6.45, 7) is 0. The molecule has 5 nitrogen and oxygen atoms in total. The smallest absolute Gasteiger partial charge is 0.266 e. The van der Waals surface area contributed by atoms with E-state index in [2.05, 4.69) is 9.98 Å². The minimum atomic E-state index is -0.0975. The standard InChI is InChI=1S/C17H14ClN3O2S/c1-21-16(22)15(9-11-3-5-12(23-2)6-4-11)24-17(21)20-14-7-8-19-10-13(14)18/h3-10H,1-2H3/b15-9-,20-17?. The van der Waals surface area contributed by atoms with E-state index in [1.807, 2.05) is 30.3 Å². The van der Waals surface area contributed by atoms with Gasteiger partial charge in [0.15, 0.2) is 5.17 Å². The van der Waals surface area contributed by atoms with Gasteiger partial charge < -0.3 is 4.74 Å². The monoisotopic (exact) mass is 359 g/mol. The third kappa shape index (κ3) is 3.44. The second kappa shape index (κ2) is 7.07. The Morgan fingerprint density at radius 2 is 2.04 bits per heavy atom. The van der Waals surface area contributed by atoms with E-state index >= 15 is 0 Å². The van der Waals surface area contributed by atoms with Gasteiger partial charge in [-0.25, -0.2) is 4.99 Å². The molecule has 1 aromatic carbocycles. The molecule has 3 rings (SSSR count). The Hall–Kier alpha value is -2.31. The lowest BCUT2D eigenvalue weighted by Gasteiger charge is -2.07. The zero-order valence-electron chi connectivity index (χ0n) is 13.1. The summed E-state index contributed by atoms with van der Waals surface area (Å²) >= 11 is 7.39. The SMILES string of the molecule is COc1ccc(/C=C2\SC(=Nc3ccncc3Cl)N(C)C2=O)cc1. The number of amides is 1. The van der Waals surface area contributed by atoms with Gasteiger partial charge >= 0.3 is 0 Å². The molecule has 0 atom stereocenters. The van der Waals surface area contributed by atoms with Crippen LogP contribution in [0.4, 0.5) is 5.69 Å². The van der Waals surface area contributed by atoms with Crippen LogP contribution in [-0.2, 0) is 4.79 Å². The average molecular weight is 360 g/mol. The number of methoxy groups -OCH3 is 1. The maximum Gasteiger partial charge on any atom is 0.266 e. The molecule has 0 aliphatic carbocycles. The number of ether oxygens (including phenoxy) is 1. The first-order valence-corrected chi connectivity index (χ1v) is 8.28. The molecule has 1 saturated heterocycles. The lowest BCUT2D eigenvalue weighted by atomic mass is 10.2. The van der Waals surface area contributed by atoms with Gasteiger partial charge in [-0.2, -0.15) is 0 Å². The highest BCUT2D eigenvalue weighted by molar-refractivity contribution is 8.18. The van der Waals surface area contributed by atoms with Gasteiger partial charge in [-0.15, -0.1) is 0 Å². The summed E-state index contributed by atoms with van der Waals surface area (Å²) in [6.07, 6.45) is 4.97. The van der Waals surface area contributed by atoms with Gasteiger partial charge in [0.05, 0.1) is 22.7 Å². The van der Waals surface area contributed by atoms with E-state index in [1.165, 1.54) is 22.9 Å². The van der Waals surface area contributed by atoms with Crippen LogP contribution in [0.2, 0.25) is 5.02 Å². The molecular formula is C17H14ClN3O2S. The first-order chi connectivity index (χ1) is 11.6. The quantitative estimate of drug-likeness (QED) is 0.778. The van der Waals surface area contributed by atoms with Crippen molar-refractivity contribution in [1.82, 2.24) is 9.88 Å². The number of rotatable bonds is 3. The minimum Gasteiger partial charge on any atom is -0.497 e. The third-order valence-electron chi connectivity index (χ3n) is 3.38. The molecule has 1 aliphatic rings. The van der Waals surface area contributed by atoms with Gasteiger partial charge in [0, 0.05) is 19.4 Å². The fraction of sp³-hybridized carbons (Fsp3) is 0.118. The Labute approximate surface area is 149 Å².